The summed E-state index contributed by atoms with van der Waals surface area (Å²) < 4.78 is 0. The fraction of sp³-hybridized carbons (Fsp3) is 0.692. The summed E-state index contributed by atoms with van der Waals surface area (Å²) in [5.41, 5.74) is 0.891. The predicted molar refractivity (Wildman–Crippen MR) is 77.0 cm³/mol. The van der Waals surface area contributed by atoms with E-state index < -0.39 is 5.97 Å². The average Bonchev–Trinajstić information content (AvgIpc) is 2.85. The number of hydrogen-bond acceptors (Lipinski definition) is 5. The standard InChI is InChI=1S/C13H21N3O2S/c1-15-7-5-11(6-8-15)16(2)13-14-10(9-19-13)3-4-12(17)18/h9,11H,3-8H2,1-2H3,(H,17,18). The van der Waals surface area contributed by atoms with Crippen molar-refractivity contribution in [2.45, 2.75) is 31.7 Å². The minimum atomic E-state index is -0.766. The van der Waals surface area contributed by atoms with Crippen molar-refractivity contribution in [3.8, 4) is 0 Å². The number of aryl methyl sites for hydroxylation is 1. The van der Waals surface area contributed by atoms with E-state index in [1.54, 1.807) is 11.3 Å². The summed E-state index contributed by atoms with van der Waals surface area (Å²) in [6.07, 6.45) is 3.00. The highest BCUT2D eigenvalue weighted by Crippen LogP contribution is 2.25. The smallest absolute Gasteiger partial charge is 0.303 e. The number of likely N-dealkylation sites (tertiary alicyclic amines) is 1. The van der Waals surface area contributed by atoms with Crippen molar-refractivity contribution in [2.24, 2.45) is 0 Å². The molecule has 0 radical (unpaired) electrons. The maximum absolute atomic E-state index is 10.6. The monoisotopic (exact) mass is 283 g/mol. The molecule has 1 fully saturated rings. The first-order valence-electron chi connectivity index (χ1n) is 6.64. The van der Waals surface area contributed by atoms with Crippen LogP contribution in [-0.2, 0) is 11.2 Å². The average molecular weight is 283 g/mol. The van der Waals surface area contributed by atoms with Crippen molar-refractivity contribution < 1.29 is 9.90 Å². The second-order valence-electron chi connectivity index (χ2n) is 5.16. The van der Waals surface area contributed by atoms with Crippen LogP contribution >= 0.6 is 11.3 Å². The van der Waals surface area contributed by atoms with E-state index in [1.807, 2.05) is 5.38 Å². The Morgan fingerprint density at radius 1 is 1.58 bits per heavy atom. The predicted octanol–water partition coefficient (Wildman–Crippen LogP) is 1.69. The van der Waals surface area contributed by atoms with Gasteiger partial charge in [-0.25, -0.2) is 4.98 Å². The summed E-state index contributed by atoms with van der Waals surface area (Å²) in [6.45, 7) is 2.26. The zero-order valence-electron chi connectivity index (χ0n) is 11.5. The topological polar surface area (TPSA) is 56.7 Å². The highest BCUT2D eigenvalue weighted by atomic mass is 32.1. The lowest BCUT2D eigenvalue weighted by Crippen LogP contribution is -2.41. The Labute approximate surface area is 117 Å². The Morgan fingerprint density at radius 2 is 2.26 bits per heavy atom. The van der Waals surface area contributed by atoms with E-state index in [2.05, 4.69) is 28.9 Å². The summed E-state index contributed by atoms with van der Waals surface area (Å²) >= 11 is 1.61. The zero-order valence-corrected chi connectivity index (χ0v) is 12.3. The van der Waals surface area contributed by atoms with Crippen LogP contribution in [-0.4, -0.2) is 54.2 Å². The summed E-state index contributed by atoms with van der Waals surface area (Å²) in [4.78, 5) is 19.7. The van der Waals surface area contributed by atoms with Crippen molar-refractivity contribution in [2.75, 3.05) is 32.1 Å². The van der Waals surface area contributed by atoms with Gasteiger partial charge >= 0.3 is 5.97 Å². The second kappa shape index (κ2) is 6.34. The lowest BCUT2D eigenvalue weighted by molar-refractivity contribution is -0.136. The molecule has 0 unspecified atom stereocenters. The highest BCUT2D eigenvalue weighted by molar-refractivity contribution is 7.13. The van der Waals surface area contributed by atoms with E-state index >= 15 is 0 Å². The van der Waals surface area contributed by atoms with Gasteiger partial charge in [-0.2, -0.15) is 0 Å². The van der Waals surface area contributed by atoms with E-state index in [9.17, 15) is 4.79 Å². The number of anilines is 1. The van der Waals surface area contributed by atoms with Crippen molar-refractivity contribution in [1.82, 2.24) is 9.88 Å². The third-order valence-corrected chi connectivity index (χ3v) is 4.65. The van der Waals surface area contributed by atoms with Crippen LogP contribution in [0.5, 0.6) is 0 Å². The molecule has 1 N–H and O–H groups in total. The molecule has 0 aromatic carbocycles. The number of aliphatic carboxylic acids is 1. The second-order valence-corrected chi connectivity index (χ2v) is 6.00. The van der Waals surface area contributed by atoms with E-state index in [0.29, 0.717) is 12.5 Å². The lowest BCUT2D eigenvalue weighted by atomic mass is 10.0. The molecular formula is C13H21N3O2S. The molecule has 1 aromatic rings. The molecule has 1 saturated heterocycles. The molecule has 19 heavy (non-hydrogen) atoms. The van der Waals surface area contributed by atoms with Crippen molar-refractivity contribution in [3.63, 3.8) is 0 Å². The number of carboxylic acid groups (broad SMARTS) is 1. The van der Waals surface area contributed by atoms with Crippen LogP contribution in [0.3, 0.4) is 0 Å². The molecule has 0 amide bonds. The minimum Gasteiger partial charge on any atom is -0.481 e. The summed E-state index contributed by atoms with van der Waals surface area (Å²) in [5.74, 6) is -0.766. The van der Waals surface area contributed by atoms with Crippen LogP contribution in [0.4, 0.5) is 5.13 Å². The van der Waals surface area contributed by atoms with E-state index in [4.69, 9.17) is 5.11 Å². The summed E-state index contributed by atoms with van der Waals surface area (Å²) in [5, 5.41) is 11.7. The number of carbonyl (C=O) groups is 1. The molecule has 5 nitrogen and oxygen atoms in total. The van der Waals surface area contributed by atoms with Gasteiger partial charge in [-0.1, -0.05) is 0 Å². The SMILES string of the molecule is CN1CCC(N(C)c2nc(CCC(=O)O)cs2)CC1. The number of hydrogen-bond donors (Lipinski definition) is 1. The van der Waals surface area contributed by atoms with Gasteiger partial charge in [0.1, 0.15) is 0 Å². The highest BCUT2D eigenvalue weighted by Gasteiger charge is 2.22. The van der Waals surface area contributed by atoms with Gasteiger partial charge in [-0.05, 0) is 33.0 Å². The van der Waals surface area contributed by atoms with E-state index in [-0.39, 0.29) is 6.42 Å². The van der Waals surface area contributed by atoms with Gasteiger partial charge in [0.2, 0.25) is 0 Å². The Morgan fingerprint density at radius 3 is 2.89 bits per heavy atom. The van der Waals surface area contributed by atoms with Gasteiger partial charge in [-0.3, -0.25) is 4.79 Å². The molecule has 1 aromatic heterocycles. The molecule has 0 aliphatic carbocycles. The van der Waals surface area contributed by atoms with Crippen LogP contribution in [0.2, 0.25) is 0 Å². The molecule has 106 valence electrons. The number of piperidine rings is 1. The van der Waals surface area contributed by atoms with Crippen molar-refractivity contribution in [1.29, 1.82) is 0 Å². The summed E-state index contributed by atoms with van der Waals surface area (Å²) in [7, 11) is 4.25. The maximum atomic E-state index is 10.6. The van der Waals surface area contributed by atoms with Crippen LogP contribution < -0.4 is 4.90 Å². The number of thiazole rings is 1. The molecule has 0 spiro atoms. The molecule has 6 heteroatoms. The first kappa shape index (κ1) is 14.3. The van der Waals surface area contributed by atoms with Crippen molar-refractivity contribution in [3.05, 3.63) is 11.1 Å². The fourth-order valence-corrected chi connectivity index (χ4v) is 3.24. The fourth-order valence-electron chi connectivity index (χ4n) is 2.35. The molecule has 2 heterocycles. The van der Waals surface area contributed by atoms with Crippen LogP contribution in [0.1, 0.15) is 25.0 Å². The molecule has 1 aliphatic rings. The minimum absolute atomic E-state index is 0.154. The van der Waals surface area contributed by atoms with E-state index in [0.717, 1.165) is 36.8 Å². The normalized spacial score (nSPS) is 17.6. The van der Waals surface area contributed by atoms with Gasteiger partial charge in [-0.15, -0.1) is 11.3 Å². The van der Waals surface area contributed by atoms with Crippen molar-refractivity contribution >= 4 is 22.4 Å². The first-order chi connectivity index (χ1) is 9.06. The number of aromatic nitrogens is 1. The Balaban J connectivity index is 1.92. The van der Waals surface area contributed by atoms with Crippen LogP contribution in [0, 0.1) is 0 Å². The Bertz CT molecular complexity index is 427. The molecular weight excluding hydrogens is 262 g/mol. The maximum Gasteiger partial charge on any atom is 0.303 e. The molecule has 1 aliphatic heterocycles. The molecule has 0 atom stereocenters. The Hall–Kier alpha value is -1.14. The molecule has 0 saturated carbocycles. The molecule has 0 bridgehead atoms. The van der Waals surface area contributed by atoms with Gasteiger partial charge in [0.25, 0.3) is 0 Å². The number of carboxylic acids is 1. The van der Waals surface area contributed by atoms with Gasteiger partial charge < -0.3 is 14.9 Å². The van der Waals surface area contributed by atoms with Gasteiger partial charge in [0, 0.05) is 24.9 Å². The van der Waals surface area contributed by atoms with Crippen LogP contribution in [0.25, 0.3) is 0 Å². The quantitative estimate of drug-likeness (QED) is 0.891. The Kier molecular flexibility index (Phi) is 4.76. The van der Waals surface area contributed by atoms with Crippen LogP contribution in [0.15, 0.2) is 5.38 Å². The summed E-state index contributed by atoms with van der Waals surface area (Å²) in [6, 6.07) is 0.551. The van der Waals surface area contributed by atoms with Gasteiger partial charge in [0.15, 0.2) is 5.13 Å². The zero-order chi connectivity index (χ0) is 13.8. The van der Waals surface area contributed by atoms with E-state index in [1.165, 1.54) is 0 Å². The third-order valence-electron chi connectivity index (χ3n) is 3.67. The number of rotatable bonds is 5. The largest absolute Gasteiger partial charge is 0.481 e. The number of nitrogens with zero attached hydrogens (tertiary/aromatic N) is 3. The lowest BCUT2D eigenvalue weighted by Gasteiger charge is -2.34. The molecule has 2 rings (SSSR count). The first-order valence-corrected chi connectivity index (χ1v) is 7.52. The van der Waals surface area contributed by atoms with Gasteiger partial charge in [0.05, 0.1) is 12.1 Å². The third kappa shape index (κ3) is 3.91.